The van der Waals surface area contributed by atoms with E-state index in [4.69, 9.17) is 0 Å². The van der Waals surface area contributed by atoms with Crippen molar-refractivity contribution < 1.29 is 23.2 Å². The summed E-state index contributed by atoms with van der Waals surface area (Å²) in [5, 5.41) is 5.10. The van der Waals surface area contributed by atoms with E-state index in [1.807, 2.05) is 4.90 Å². The predicted molar refractivity (Wildman–Crippen MR) is 106 cm³/mol. The number of benzene rings is 1. The van der Waals surface area contributed by atoms with Crippen molar-refractivity contribution in [1.82, 2.24) is 20.2 Å². The molecule has 1 aromatic heterocycles. The van der Waals surface area contributed by atoms with E-state index in [-0.39, 0.29) is 29.4 Å². The van der Waals surface area contributed by atoms with Crippen molar-refractivity contribution in [2.24, 2.45) is 5.92 Å². The highest BCUT2D eigenvalue weighted by Gasteiger charge is 2.35. The molecule has 1 aliphatic heterocycles. The van der Waals surface area contributed by atoms with E-state index >= 15 is 0 Å². The van der Waals surface area contributed by atoms with Gasteiger partial charge in [0, 0.05) is 37.4 Å². The molecule has 0 spiro atoms. The number of carbonyl (C=O) groups excluding carboxylic acids is 3. The molecule has 2 aliphatic rings. The molecule has 3 amide bonds. The van der Waals surface area contributed by atoms with E-state index in [0.717, 1.165) is 31.0 Å². The van der Waals surface area contributed by atoms with Gasteiger partial charge in [0.15, 0.2) is 11.5 Å². The van der Waals surface area contributed by atoms with Crippen molar-refractivity contribution in [2.75, 3.05) is 18.4 Å². The van der Waals surface area contributed by atoms with Crippen LogP contribution in [0.5, 0.6) is 0 Å². The van der Waals surface area contributed by atoms with Crippen molar-refractivity contribution in [3.8, 4) is 0 Å². The lowest BCUT2D eigenvalue weighted by Crippen LogP contribution is -2.47. The van der Waals surface area contributed by atoms with E-state index < -0.39 is 29.0 Å². The molecule has 1 saturated heterocycles. The lowest BCUT2D eigenvalue weighted by atomic mass is 10.0. The molecule has 1 saturated carbocycles. The molecular formula is C21H21F2N5O3. The van der Waals surface area contributed by atoms with E-state index in [2.05, 4.69) is 20.6 Å². The van der Waals surface area contributed by atoms with Gasteiger partial charge in [-0.2, -0.15) is 0 Å². The van der Waals surface area contributed by atoms with Gasteiger partial charge in [-0.05, 0) is 37.8 Å². The van der Waals surface area contributed by atoms with Crippen LogP contribution in [0.1, 0.15) is 46.5 Å². The second-order valence-electron chi connectivity index (χ2n) is 7.65. The molecule has 8 nitrogen and oxygen atoms in total. The maximum Gasteiger partial charge on any atom is 0.273 e. The third-order valence-corrected chi connectivity index (χ3v) is 5.40. The average molecular weight is 429 g/mol. The first kappa shape index (κ1) is 20.8. The van der Waals surface area contributed by atoms with Gasteiger partial charge in [-0.15, -0.1) is 0 Å². The Labute approximate surface area is 177 Å². The predicted octanol–water partition coefficient (Wildman–Crippen LogP) is 2.14. The number of aromatic nitrogens is 2. The number of anilines is 1. The molecule has 2 heterocycles. The Morgan fingerprint density at radius 3 is 2.23 bits per heavy atom. The summed E-state index contributed by atoms with van der Waals surface area (Å²) < 4.78 is 27.7. The highest BCUT2D eigenvalue weighted by Crippen LogP contribution is 2.32. The molecule has 0 bridgehead atoms. The molecule has 31 heavy (non-hydrogen) atoms. The van der Waals surface area contributed by atoms with Crippen LogP contribution in [0, 0.1) is 17.6 Å². The zero-order valence-electron chi connectivity index (χ0n) is 16.6. The van der Waals surface area contributed by atoms with Crippen LogP contribution in [-0.2, 0) is 4.79 Å². The lowest BCUT2D eigenvalue weighted by Gasteiger charge is -2.32. The summed E-state index contributed by atoms with van der Waals surface area (Å²) in [5.41, 5.74) is -0.934. The standard InChI is InChI=1S/C21H21F2N5O3/c22-14-2-1-3-15(23)16(14)19(29)27-18-17(24-8-9-25-18)20(30)26-13-6-10-28(11-7-13)21(31)12-4-5-12/h1-3,8-9,12-13H,4-7,10-11H2,(H,26,30)(H,25,27,29). The summed E-state index contributed by atoms with van der Waals surface area (Å²) in [6.45, 7) is 1.13. The van der Waals surface area contributed by atoms with Gasteiger partial charge in [0.2, 0.25) is 5.91 Å². The molecule has 0 unspecified atom stereocenters. The van der Waals surface area contributed by atoms with Crippen molar-refractivity contribution in [1.29, 1.82) is 0 Å². The first-order valence-electron chi connectivity index (χ1n) is 10.1. The SMILES string of the molecule is O=C(NC1CCN(C(=O)C2CC2)CC1)c1nccnc1NC(=O)c1c(F)cccc1F. The van der Waals surface area contributed by atoms with Crippen molar-refractivity contribution in [3.05, 3.63) is 53.5 Å². The normalized spacial score (nSPS) is 16.6. The maximum absolute atomic E-state index is 13.9. The molecule has 2 N–H and O–H groups in total. The smallest absolute Gasteiger partial charge is 0.273 e. The first-order chi connectivity index (χ1) is 14.9. The fraction of sp³-hybridized carbons (Fsp3) is 0.381. The van der Waals surface area contributed by atoms with Crippen LogP contribution in [0.15, 0.2) is 30.6 Å². The molecule has 2 fully saturated rings. The molecule has 1 aromatic carbocycles. The second kappa shape index (κ2) is 8.75. The Morgan fingerprint density at radius 2 is 1.58 bits per heavy atom. The van der Waals surface area contributed by atoms with Gasteiger partial charge < -0.3 is 15.5 Å². The summed E-state index contributed by atoms with van der Waals surface area (Å²) in [5.74, 6) is -3.55. The van der Waals surface area contributed by atoms with Gasteiger partial charge in [-0.1, -0.05) is 6.07 Å². The third kappa shape index (κ3) is 4.68. The molecule has 0 atom stereocenters. The summed E-state index contributed by atoms with van der Waals surface area (Å²) in [6, 6.07) is 2.91. The van der Waals surface area contributed by atoms with Gasteiger partial charge in [0.1, 0.15) is 17.2 Å². The van der Waals surface area contributed by atoms with Crippen molar-refractivity contribution >= 4 is 23.5 Å². The number of carbonyl (C=O) groups is 3. The van der Waals surface area contributed by atoms with Crippen LogP contribution in [0.25, 0.3) is 0 Å². The molecule has 162 valence electrons. The Bertz CT molecular complexity index is 1000. The third-order valence-electron chi connectivity index (χ3n) is 5.40. The van der Waals surface area contributed by atoms with Crippen molar-refractivity contribution in [2.45, 2.75) is 31.7 Å². The van der Waals surface area contributed by atoms with Crippen LogP contribution in [0.4, 0.5) is 14.6 Å². The van der Waals surface area contributed by atoms with E-state index in [1.54, 1.807) is 0 Å². The number of piperidine rings is 1. The number of nitrogens with zero attached hydrogens (tertiary/aromatic N) is 3. The zero-order chi connectivity index (χ0) is 22.0. The van der Waals surface area contributed by atoms with E-state index in [9.17, 15) is 23.2 Å². The number of nitrogens with one attached hydrogen (secondary N) is 2. The molecule has 10 heteroatoms. The van der Waals surface area contributed by atoms with Crippen LogP contribution < -0.4 is 10.6 Å². The van der Waals surface area contributed by atoms with Crippen LogP contribution >= 0.6 is 0 Å². The zero-order valence-corrected chi connectivity index (χ0v) is 16.6. The minimum Gasteiger partial charge on any atom is -0.348 e. The quantitative estimate of drug-likeness (QED) is 0.758. The summed E-state index contributed by atoms with van der Waals surface area (Å²) in [4.78, 5) is 47.0. The summed E-state index contributed by atoms with van der Waals surface area (Å²) in [7, 11) is 0. The molecule has 4 rings (SSSR count). The number of rotatable bonds is 5. The maximum atomic E-state index is 13.9. The molecule has 0 radical (unpaired) electrons. The Balaban J connectivity index is 1.40. The lowest BCUT2D eigenvalue weighted by molar-refractivity contribution is -0.133. The van der Waals surface area contributed by atoms with Gasteiger partial charge in [-0.3, -0.25) is 14.4 Å². The first-order valence-corrected chi connectivity index (χ1v) is 10.1. The second-order valence-corrected chi connectivity index (χ2v) is 7.65. The number of hydrogen-bond donors (Lipinski definition) is 2. The number of hydrogen-bond acceptors (Lipinski definition) is 5. The summed E-state index contributed by atoms with van der Waals surface area (Å²) >= 11 is 0. The highest BCUT2D eigenvalue weighted by atomic mass is 19.1. The minimum atomic E-state index is -1.07. The number of halogens is 2. The largest absolute Gasteiger partial charge is 0.348 e. The van der Waals surface area contributed by atoms with E-state index in [0.29, 0.717) is 25.9 Å². The van der Waals surface area contributed by atoms with Crippen LogP contribution in [0.3, 0.4) is 0 Å². The minimum absolute atomic E-state index is 0.162. The fourth-order valence-electron chi connectivity index (χ4n) is 3.57. The molecule has 2 aromatic rings. The topological polar surface area (TPSA) is 104 Å². The van der Waals surface area contributed by atoms with Crippen molar-refractivity contribution in [3.63, 3.8) is 0 Å². The Hall–Kier alpha value is -3.43. The van der Waals surface area contributed by atoms with E-state index in [1.165, 1.54) is 12.4 Å². The van der Waals surface area contributed by atoms with Gasteiger partial charge in [-0.25, -0.2) is 18.7 Å². The van der Waals surface area contributed by atoms with Gasteiger partial charge in [0.25, 0.3) is 11.8 Å². The summed E-state index contributed by atoms with van der Waals surface area (Å²) in [6.07, 6.45) is 5.65. The Kier molecular flexibility index (Phi) is 5.88. The fourth-order valence-corrected chi connectivity index (χ4v) is 3.57. The number of likely N-dealkylation sites (tertiary alicyclic amines) is 1. The van der Waals surface area contributed by atoms with Gasteiger partial charge in [0.05, 0.1) is 0 Å². The molecule has 1 aliphatic carbocycles. The monoisotopic (exact) mass is 429 g/mol. The molecular weight excluding hydrogens is 408 g/mol. The van der Waals surface area contributed by atoms with Gasteiger partial charge >= 0.3 is 0 Å². The Morgan fingerprint density at radius 1 is 0.935 bits per heavy atom. The van der Waals surface area contributed by atoms with Crippen LogP contribution in [0.2, 0.25) is 0 Å². The number of amides is 3. The van der Waals surface area contributed by atoms with Crippen LogP contribution in [-0.4, -0.2) is 51.7 Å². The highest BCUT2D eigenvalue weighted by molar-refractivity contribution is 6.07. The average Bonchev–Trinajstić information content (AvgIpc) is 3.59.